The predicted octanol–water partition coefficient (Wildman–Crippen LogP) is 7.48. The third-order valence-electron chi connectivity index (χ3n) is 7.83. The number of fused-ring (bicyclic) bond motifs is 3. The molecule has 32 heavy (non-hydrogen) atoms. The summed E-state index contributed by atoms with van der Waals surface area (Å²) in [4.78, 5) is 12.1. The topological polar surface area (TPSA) is 53.0 Å². The third-order valence-corrected chi connectivity index (χ3v) is 7.83. The van der Waals surface area contributed by atoms with E-state index in [2.05, 4.69) is 24.4 Å². The summed E-state index contributed by atoms with van der Waals surface area (Å²) in [5.74, 6) is 0.552. The third kappa shape index (κ3) is 4.65. The molecular weight excluding hydrogens is 399 g/mol. The Morgan fingerprint density at radius 2 is 1.81 bits per heavy atom. The molecular formula is C28H35FN2O. The van der Waals surface area contributed by atoms with Gasteiger partial charge in [-0.15, -0.1) is 0 Å². The van der Waals surface area contributed by atoms with Crippen molar-refractivity contribution in [3.63, 3.8) is 0 Å². The van der Waals surface area contributed by atoms with Gasteiger partial charge in [0, 0.05) is 36.0 Å². The van der Waals surface area contributed by atoms with Crippen molar-refractivity contribution in [2.45, 2.75) is 83.0 Å². The van der Waals surface area contributed by atoms with Crippen molar-refractivity contribution in [1.29, 1.82) is 5.41 Å². The van der Waals surface area contributed by atoms with Gasteiger partial charge in [-0.25, -0.2) is 4.39 Å². The van der Waals surface area contributed by atoms with Gasteiger partial charge >= 0.3 is 0 Å². The number of hydrogen-bond donors (Lipinski definition) is 2. The van der Waals surface area contributed by atoms with Crippen LogP contribution in [0.3, 0.4) is 0 Å². The van der Waals surface area contributed by atoms with Crippen molar-refractivity contribution in [1.82, 2.24) is 0 Å². The molecule has 2 aromatic rings. The summed E-state index contributed by atoms with van der Waals surface area (Å²) in [5.41, 5.74) is 5.25. The maximum absolute atomic E-state index is 13.2. The van der Waals surface area contributed by atoms with Crippen LogP contribution in [0.25, 0.3) is 0 Å². The van der Waals surface area contributed by atoms with Crippen LogP contribution in [0.2, 0.25) is 0 Å². The average Bonchev–Trinajstić information content (AvgIpc) is 2.90. The molecule has 0 bridgehead atoms. The van der Waals surface area contributed by atoms with Crippen molar-refractivity contribution in [2.75, 3.05) is 5.32 Å². The highest BCUT2D eigenvalue weighted by Gasteiger charge is 2.45. The molecule has 5 rings (SSSR count). The van der Waals surface area contributed by atoms with Crippen LogP contribution in [-0.4, -0.2) is 12.0 Å². The summed E-state index contributed by atoms with van der Waals surface area (Å²) in [6, 6.07) is 10.6. The van der Waals surface area contributed by atoms with Gasteiger partial charge in [-0.05, 0) is 91.0 Å². The SMILES string of the molecule is C1CCC1.CCC12CCC(=O)CC1CCCc1cc(Nc3ccc(F)cc3)c(C=N)cc12. The van der Waals surface area contributed by atoms with E-state index >= 15 is 0 Å². The summed E-state index contributed by atoms with van der Waals surface area (Å²) in [6.45, 7) is 2.24. The minimum absolute atomic E-state index is 0.0475. The Bertz CT molecular complexity index is 960. The molecule has 0 aliphatic heterocycles. The maximum Gasteiger partial charge on any atom is 0.133 e. The molecule has 3 aliphatic carbocycles. The number of anilines is 2. The fourth-order valence-corrected chi connectivity index (χ4v) is 5.56. The molecule has 0 heterocycles. The lowest BCUT2D eigenvalue weighted by molar-refractivity contribution is -0.123. The summed E-state index contributed by atoms with van der Waals surface area (Å²) in [5, 5.41) is 11.3. The lowest BCUT2D eigenvalue weighted by Gasteiger charge is -2.44. The zero-order valence-electron chi connectivity index (χ0n) is 19.2. The Hall–Kier alpha value is -2.49. The molecule has 170 valence electrons. The van der Waals surface area contributed by atoms with E-state index in [4.69, 9.17) is 5.41 Å². The number of halogens is 1. The van der Waals surface area contributed by atoms with Gasteiger partial charge < -0.3 is 10.7 Å². The number of carbonyl (C=O) groups is 1. The summed E-state index contributed by atoms with van der Waals surface area (Å²) >= 11 is 0. The van der Waals surface area contributed by atoms with Crippen molar-refractivity contribution in [3.8, 4) is 0 Å². The highest BCUT2D eigenvalue weighted by molar-refractivity contribution is 5.88. The molecule has 0 aromatic heterocycles. The number of carbonyl (C=O) groups excluding carboxylic acids is 1. The number of ketones is 1. The van der Waals surface area contributed by atoms with E-state index in [1.165, 1.54) is 55.2 Å². The van der Waals surface area contributed by atoms with Gasteiger partial charge in [0.1, 0.15) is 11.6 Å². The Morgan fingerprint density at radius 1 is 1.09 bits per heavy atom. The maximum atomic E-state index is 13.2. The molecule has 3 nitrogen and oxygen atoms in total. The molecule has 0 spiro atoms. The van der Waals surface area contributed by atoms with Crippen LogP contribution in [-0.2, 0) is 16.6 Å². The molecule has 0 amide bonds. The lowest BCUT2D eigenvalue weighted by atomic mass is 9.60. The van der Waals surface area contributed by atoms with E-state index in [0.717, 1.165) is 49.0 Å². The normalized spacial score (nSPS) is 24.1. The molecule has 2 N–H and O–H groups in total. The minimum atomic E-state index is -0.262. The lowest BCUT2D eigenvalue weighted by Crippen LogP contribution is -2.40. The van der Waals surface area contributed by atoms with Gasteiger partial charge in [0.05, 0.1) is 0 Å². The minimum Gasteiger partial charge on any atom is -0.355 e. The second kappa shape index (κ2) is 9.97. The molecule has 2 atom stereocenters. The van der Waals surface area contributed by atoms with Crippen LogP contribution >= 0.6 is 0 Å². The first-order valence-electron chi connectivity index (χ1n) is 12.3. The van der Waals surface area contributed by atoms with E-state index < -0.39 is 0 Å². The second-order valence-corrected chi connectivity index (χ2v) is 9.63. The quantitative estimate of drug-likeness (QED) is 0.490. The van der Waals surface area contributed by atoms with E-state index in [1.54, 1.807) is 12.1 Å². The summed E-state index contributed by atoms with van der Waals surface area (Å²) in [6.07, 6.45) is 13.9. The highest BCUT2D eigenvalue weighted by atomic mass is 19.1. The molecule has 2 fully saturated rings. The van der Waals surface area contributed by atoms with Gasteiger partial charge in [-0.2, -0.15) is 0 Å². The molecule has 4 heteroatoms. The van der Waals surface area contributed by atoms with Gasteiger partial charge in [0.25, 0.3) is 0 Å². The fourth-order valence-electron chi connectivity index (χ4n) is 5.56. The largest absolute Gasteiger partial charge is 0.355 e. The van der Waals surface area contributed by atoms with E-state index in [-0.39, 0.29) is 11.2 Å². The zero-order chi connectivity index (χ0) is 22.6. The van der Waals surface area contributed by atoms with Crippen molar-refractivity contribution in [2.24, 2.45) is 5.92 Å². The first-order chi connectivity index (χ1) is 15.6. The molecule has 2 saturated carbocycles. The van der Waals surface area contributed by atoms with Crippen LogP contribution in [0.1, 0.15) is 87.8 Å². The summed E-state index contributed by atoms with van der Waals surface area (Å²) < 4.78 is 13.2. The van der Waals surface area contributed by atoms with E-state index in [0.29, 0.717) is 24.5 Å². The smallest absolute Gasteiger partial charge is 0.133 e. The number of rotatable bonds is 4. The Morgan fingerprint density at radius 3 is 2.44 bits per heavy atom. The average molecular weight is 435 g/mol. The molecule has 2 unspecified atom stereocenters. The zero-order valence-corrected chi connectivity index (χ0v) is 19.2. The number of benzene rings is 2. The van der Waals surface area contributed by atoms with Crippen LogP contribution in [0.5, 0.6) is 0 Å². The monoisotopic (exact) mass is 434 g/mol. The van der Waals surface area contributed by atoms with Crippen LogP contribution in [0, 0.1) is 17.1 Å². The van der Waals surface area contributed by atoms with E-state index in [1.807, 2.05) is 0 Å². The molecule has 0 radical (unpaired) electrons. The van der Waals surface area contributed by atoms with Crippen LogP contribution in [0.15, 0.2) is 36.4 Å². The van der Waals surface area contributed by atoms with Gasteiger partial charge in [0.2, 0.25) is 0 Å². The Balaban J connectivity index is 0.000000552. The standard InChI is InChI=1S/C24H27FN2O.C4H8/c1-2-24-11-10-21(28)14-18(24)5-3-4-16-13-23(17(15-26)12-22(16)24)27-20-8-6-19(25)7-9-20;1-2-4-3-1/h6-9,12-13,15,18,26-27H,2-5,10-11,14H2,1H3;1-4H2. The number of aryl methyl sites for hydroxylation is 1. The summed E-state index contributed by atoms with van der Waals surface area (Å²) in [7, 11) is 0. The Labute approximate surface area is 191 Å². The second-order valence-electron chi connectivity index (χ2n) is 9.63. The van der Waals surface area contributed by atoms with E-state index in [9.17, 15) is 9.18 Å². The molecule has 2 aromatic carbocycles. The van der Waals surface area contributed by atoms with Gasteiger partial charge in [-0.3, -0.25) is 4.79 Å². The van der Waals surface area contributed by atoms with Crippen LogP contribution < -0.4 is 5.32 Å². The predicted molar refractivity (Wildman–Crippen MR) is 130 cm³/mol. The highest BCUT2D eigenvalue weighted by Crippen LogP contribution is 2.51. The van der Waals surface area contributed by atoms with Crippen molar-refractivity contribution < 1.29 is 9.18 Å². The van der Waals surface area contributed by atoms with Crippen LogP contribution in [0.4, 0.5) is 15.8 Å². The fraction of sp³-hybridized carbons (Fsp3) is 0.500. The molecule has 3 aliphatic rings. The first-order valence-corrected chi connectivity index (χ1v) is 12.3. The number of hydrogen-bond acceptors (Lipinski definition) is 3. The number of Topliss-reactive ketones (excluding diaryl/α,β-unsaturated/α-hetero) is 1. The first kappa shape index (κ1) is 22.7. The van der Waals surface area contributed by atoms with Crippen molar-refractivity contribution >= 4 is 23.4 Å². The van der Waals surface area contributed by atoms with Gasteiger partial charge in [-0.1, -0.05) is 32.6 Å². The van der Waals surface area contributed by atoms with Crippen molar-refractivity contribution in [3.05, 3.63) is 58.9 Å². The number of nitrogens with one attached hydrogen (secondary N) is 2. The Kier molecular flexibility index (Phi) is 7.07. The molecule has 0 saturated heterocycles. The van der Waals surface area contributed by atoms with Gasteiger partial charge in [0.15, 0.2) is 0 Å².